The molecule has 2 fully saturated rings. The molecule has 2 heterocycles. The largest absolute Gasteiger partial charge is 0.390 e. The van der Waals surface area contributed by atoms with Gasteiger partial charge in [-0.05, 0) is 95.3 Å². The Bertz CT molecular complexity index is 2630. The van der Waals surface area contributed by atoms with Crippen LogP contribution in [-0.4, -0.2) is 258 Å². The van der Waals surface area contributed by atoms with Crippen molar-refractivity contribution in [3.63, 3.8) is 0 Å². The molecular formula is C73H129N9O14. The number of ketones is 3. The summed E-state index contributed by atoms with van der Waals surface area (Å²) in [5.41, 5.74) is 0. The first-order chi connectivity index (χ1) is 44.5. The fourth-order valence-corrected chi connectivity index (χ4v) is 13.4. The Morgan fingerprint density at radius 2 is 1.03 bits per heavy atom. The van der Waals surface area contributed by atoms with Crippen molar-refractivity contribution in [3.05, 3.63) is 12.2 Å². The van der Waals surface area contributed by atoms with E-state index in [4.69, 9.17) is 9.47 Å². The van der Waals surface area contributed by atoms with Gasteiger partial charge in [0.15, 0.2) is 11.6 Å². The molecule has 23 heteroatoms. The SMILES string of the molecule is C/C=C/C[C@@H](C)[C@@H](O)[C@H]1C(=O)N[C@@H](CC)C(=O)N(C)[C@H](C)C(=O)N(C)[C@@H]([C@H](C)COCC2CN(C(C)C)CCO2)C(=O)C[C@@H](C(C)C)C(=O)N(C)[C@@H](CC(C)C)C(=O)C[C@@H](C)C(=O)C[C@H](C)C(=O)N(C)[C@@H](CC(C)C)C(=O)N(C)[C@@H](CC(C)C)C(=O)N(C)[C@@H](C(C)C)C(=O)N1C. The van der Waals surface area contributed by atoms with E-state index in [1.165, 1.54) is 85.7 Å². The molecule has 2 rings (SSSR count). The highest BCUT2D eigenvalue weighted by atomic mass is 16.5. The van der Waals surface area contributed by atoms with Gasteiger partial charge in [-0.3, -0.25) is 57.6 Å². The molecule has 0 aromatic heterocycles. The van der Waals surface area contributed by atoms with E-state index in [0.717, 1.165) is 11.4 Å². The number of nitrogens with zero attached hydrogens (tertiary/aromatic N) is 8. The second-order valence-electron chi connectivity index (χ2n) is 30.3. The number of carbonyl (C=O) groups excluding carboxylic acids is 11. The van der Waals surface area contributed by atoms with Gasteiger partial charge in [-0.2, -0.15) is 0 Å². The summed E-state index contributed by atoms with van der Waals surface area (Å²) >= 11 is 0. The lowest BCUT2D eigenvalue weighted by atomic mass is 9.83. The third-order valence-corrected chi connectivity index (χ3v) is 19.9. The second kappa shape index (κ2) is 39.8. The number of likely N-dealkylation sites (N-methyl/N-ethyl adjacent to an activating group) is 7. The minimum absolute atomic E-state index is 0.00447. The summed E-state index contributed by atoms with van der Waals surface area (Å²) in [5.74, 6) is -11.7. The number of carbonyl (C=O) groups is 11. The highest BCUT2D eigenvalue weighted by molar-refractivity contribution is 6.00. The fraction of sp³-hybridized carbons (Fsp3) is 0.822. The average molecular weight is 1360 g/mol. The number of ether oxygens (including phenoxy) is 2. The number of nitrogens with one attached hydrogen (secondary N) is 1. The smallest absolute Gasteiger partial charge is 0.246 e. The molecule has 0 spiro atoms. The number of hydrogen-bond donors (Lipinski definition) is 2. The van der Waals surface area contributed by atoms with Crippen LogP contribution in [0.1, 0.15) is 183 Å². The van der Waals surface area contributed by atoms with Crippen LogP contribution in [0.3, 0.4) is 0 Å². The summed E-state index contributed by atoms with van der Waals surface area (Å²) < 4.78 is 12.4. The van der Waals surface area contributed by atoms with Crippen molar-refractivity contribution in [1.82, 2.24) is 44.5 Å². The van der Waals surface area contributed by atoms with E-state index in [9.17, 15) is 24.3 Å². The molecule has 0 aliphatic carbocycles. The van der Waals surface area contributed by atoms with E-state index >= 15 is 33.6 Å². The van der Waals surface area contributed by atoms with Gasteiger partial charge in [0.25, 0.3) is 0 Å². The zero-order valence-corrected chi connectivity index (χ0v) is 63.8. The number of amides is 8. The van der Waals surface area contributed by atoms with Gasteiger partial charge in [0.05, 0.1) is 44.1 Å². The van der Waals surface area contributed by atoms with Crippen molar-refractivity contribution in [3.8, 4) is 0 Å². The zero-order chi connectivity index (χ0) is 73.8. The number of hydrogen-bond acceptors (Lipinski definition) is 15. The van der Waals surface area contributed by atoms with E-state index < -0.39 is 149 Å². The molecule has 0 bridgehead atoms. The summed E-state index contributed by atoms with van der Waals surface area (Å²) in [6.45, 7) is 36.5. The topological polar surface area (TPSA) is 264 Å². The van der Waals surface area contributed by atoms with Gasteiger partial charge < -0.3 is 54.2 Å². The molecule has 2 aliphatic rings. The Morgan fingerprint density at radius 1 is 0.542 bits per heavy atom. The van der Waals surface area contributed by atoms with Crippen molar-refractivity contribution in [2.45, 2.75) is 250 Å². The van der Waals surface area contributed by atoms with E-state index in [2.05, 4.69) is 24.1 Å². The zero-order valence-electron chi connectivity index (χ0n) is 63.8. The minimum atomic E-state index is -1.63. The van der Waals surface area contributed by atoms with Crippen molar-refractivity contribution < 1.29 is 67.3 Å². The molecule has 2 N–H and O–H groups in total. The number of aliphatic hydroxyl groups is 1. The number of Topliss-reactive ketones (excluding diaryl/α,β-unsaturated/α-hetero) is 3. The first-order valence-corrected chi connectivity index (χ1v) is 35.5. The Balaban J connectivity index is 3.04. The predicted octanol–water partition coefficient (Wildman–Crippen LogP) is 6.65. The predicted molar refractivity (Wildman–Crippen MR) is 374 cm³/mol. The van der Waals surface area contributed by atoms with Gasteiger partial charge in [-0.15, -0.1) is 0 Å². The van der Waals surface area contributed by atoms with Crippen LogP contribution in [0.2, 0.25) is 0 Å². The maximum absolute atomic E-state index is 15.3. The van der Waals surface area contributed by atoms with Crippen molar-refractivity contribution >= 4 is 64.6 Å². The maximum atomic E-state index is 15.3. The van der Waals surface area contributed by atoms with Crippen LogP contribution in [0.4, 0.5) is 0 Å². The molecule has 2 saturated heterocycles. The van der Waals surface area contributed by atoms with Crippen LogP contribution >= 0.6 is 0 Å². The van der Waals surface area contributed by atoms with Crippen molar-refractivity contribution in [2.75, 3.05) is 82.2 Å². The van der Waals surface area contributed by atoms with E-state index in [1.54, 1.807) is 68.4 Å². The van der Waals surface area contributed by atoms with Gasteiger partial charge in [-0.25, -0.2) is 0 Å². The summed E-state index contributed by atoms with van der Waals surface area (Å²) in [6, 6.07) is -9.60. The van der Waals surface area contributed by atoms with Crippen LogP contribution < -0.4 is 5.32 Å². The van der Waals surface area contributed by atoms with Crippen LogP contribution in [0.15, 0.2) is 12.2 Å². The second-order valence-corrected chi connectivity index (χ2v) is 30.3. The molecule has 2 aliphatic heterocycles. The summed E-state index contributed by atoms with van der Waals surface area (Å²) in [5, 5.41) is 15.1. The lowest BCUT2D eigenvalue weighted by Gasteiger charge is -2.41. The van der Waals surface area contributed by atoms with E-state index in [0.29, 0.717) is 19.6 Å². The average Bonchev–Trinajstić information content (AvgIpc) is 0.802. The molecule has 1 unspecified atom stereocenters. The minimum Gasteiger partial charge on any atom is -0.390 e. The first-order valence-electron chi connectivity index (χ1n) is 35.5. The molecule has 0 saturated carbocycles. The van der Waals surface area contributed by atoms with Gasteiger partial charge in [0.2, 0.25) is 47.3 Å². The van der Waals surface area contributed by atoms with E-state index in [-0.39, 0.29) is 99.6 Å². The quantitative estimate of drug-likeness (QED) is 0.128. The van der Waals surface area contributed by atoms with Crippen molar-refractivity contribution in [1.29, 1.82) is 0 Å². The summed E-state index contributed by atoms with van der Waals surface area (Å²) in [6.07, 6.45) is 1.89. The standard InChI is InChI=1S/C73H129N9O14/c1-27-29-30-48(15)65(86)64-66(87)74-55(28-2)70(91)75(20)52(19)68(89)80(25)63(51(18)40-95-41-53-39-82(47(13)14)31-32-96-53)61(85)38-54(45(9)10)69(90)76(21)56(33-42(3)4)60(84)36-49(16)59(83)37-50(17)67(88)77(22)57(34-43(5)6)71(92)78(23)58(35-44(7)8)72(93)79(24)62(46(11)12)73(94)81(64)26/h27,29,42-58,62-65,86H,28,30-41H2,1-26H3,(H,74,87)/b29-27+/t48-,49-,50+,51-,52-,53?,54+,55+,56+,57+,58+,62+,63+,64+,65-/m1/s1. The van der Waals surface area contributed by atoms with Crippen LogP contribution in [0, 0.1) is 59.2 Å². The van der Waals surface area contributed by atoms with Crippen LogP contribution in [0.5, 0.6) is 0 Å². The molecule has 8 amide bonds. The molecule has 96 heavy (non-hydrogen) atoms. The molecule has 0 aromatic carbocycles. The summed E-state index contributed by atoms with van der Waals surface area (Å²) in [7, 11) is 10.2. The maximum Gasteiger partial charge on any atom is 0.246 e. The summed E-state index contributed by atoms with van der Waals surface area (Å²) in [4.78, 5) is 176. The number of rotatable bonds is 19. The Morgan fingerprint density at radius 3 is 1.53 bits per heavy atom. The van der Waals surface area contributed by atoms with Crippen molar-refractivity contribution in [2.24, 2.45) is 59.2 Å². The fourth-order valence-electron chi connectivity index (χ4n) is 13.4. The molecule has 550 valence electrons. The lowest BCUT2D eigenvalue weighted by Crippen LogP contribution is -2.63. The molecule has 0 aromatic rings. The third kappa shape index (κ3) is 23.8. The van der Waals surface area contributed by atoms with Gasteiger partial charge in [0, 0.05) is 111 Å². The first kappa shape index (κ1) is 86.4. The van der Waals surface area contributed by atoms with Gasteiger partial charge in [-0.1, -0.05) is 116 Å². The highest BCUT2D eigenvalue weighted by Gasteiger charge is 2.47. The van der Waals surface area contributed by atoms with Crippen LogP contribution in [-0.2, 0) is 62.2 Å². The van der Waals surface area contributed by atoms with Gasteiger partial charge >= 0.3 is 0 Å². The van der Waals surface area contributed by atoms with Crippen LogP contribution in [0.25, 0.3) is 0 Å². The Hall–Kier alpha value is -5.65. The van der Waals surface area contributed by atoms with E-state index in [1.807, 2.05) is 54.5 Å². The number of aliphatic hydroxyl groups excluding tert-OH is 1. The molecule has 0 radical (unpaired) electrons. The third-order valence-electron chi connectivity index (χ3n) is 19.9. The molecule has 15 atom stereocenters. The Labute approximate surface area is 577 Å². The molecular weight excluding hydrogens is 1230 g/mol. The Kier molecular flexibility index (Phi) is 35.8. The number of morpholine rings is 1. The monoisotopic (exact) mass is 1360 g/mol. The number of allylic oxidation sites excluding steroid dienone is 2. The normalized spacial score (nSPS) is 28.5. The highest BCUT2D eigenvalue weighted by Crippen LogP contribution is 2.30. The van der Waals surface area contributed by atoms with Gasteiger partial charge in [0.1, 0.15) is 42.0 Å². The lowest BCUT2D eigenvalue weighted by molar-refractivity contribution is -0.157. The molecule has 23 nitrogen and oxygen atoms in total.